The van der Waals surface area contributed by atoms with Crippen LogP contribution in [0.3, 0.4) is 0 Å². The average molecular weight is 461 g/mol. The van der Waals surface area contributed by atoms with E-state index in [2.05, 4.69) is 14.8 Å². The summed E-state index contributed by atoms with van der Waals surface area (Å²) in [6.45, 7) is 1.96. The van der Waals surface area contributed by atoms with Crippen LogP contribution in [0.1, 0.15) is 16.7 Å². The van der Waals surface area contributed by atoms with E-state index in [0.717, 1.165) is 11.1 Å². The Balaban J connectivity index is 1.73. The number of nitrogens with zero attached hydrogens (tertiary/aromatic N) is 3. The summed E-state index contributed by atoms with van der Waals surface area (Å²) in [7, 11) is -3.57. The molecule has 1 aromatic heterocycles. The third kappa shape index (κ3) is 3.68. The van der Waals surface area contributed by atoms with Crippen molar-refractivity contribution in [1.29, 1.82) is 0 Å². The summed E-state index contributed by atoms with van der Waals surface area (Å²) >= 11 is 0. The monoisotopic (exact) mass is 460 g/mol. The Bertz CT molecular complexity index is 1520. The average Bonchev–Trinajstić information content (AvgIpc) is 2.79. The molecule has 1 aliphatic rings. The van der Waals surface area contributed by atoms with Crippen LogP contribution in [0, 0.1) is 6.92 Å². The first-order valence-corrected chi connectivity index (χ1v) is 11.6. The number of aromatic hydroxyl groups is 1. The van der Waals surface area contributed by atoms with E-state index in [-0.39, 0.29) is 22.0 Å². The van der Waals surface area contributed by atoms with Gasteiger partial charge in [-0.05, 0) is 36.8 Å². The number of hydrogen-bond acceptors (Lipinski definition) is 7. The molecule has 0 radical (unpaired) electrons. The minimum Gasteiger partial charge on any atom is -0.506 e. The lowest BCUT2D eigenvalue weighted by Gasteiger charge is -2.34. The van der Waals surface area contributed by atoms with E-state index in [4.69, 9.17) is 0 Å². The summed E-state index contributed by atoms with van der Waals surface area (Å²) in [6, 6.07) is 21.0. The molecule has 4 aromatic rings. The Morgan fingerprint density at radius 3 is 2.61 bits per heavy atom. The number of anilines is 1. The zero-order valence-corrected chi connectivity index (χ0v) is 18.3. The molecule has 2 heterocycles. The number of rotatable bonds is 3. The van der Waals surface area contributed by atoms with Crippen LogP contribution in [0.5, 0.6) is 5.75 Å². The first kappa shape index (κ1) is 21.0. The third-order valence-corrected chi connectivity index (χ3v) is 6.67. The van der Waals surface area contributed by atoms with Crippen LogP contribution in [-0.2, 0) is 0 Å². The van der Waals surface area contributed by atoms with Crippen molar-refractivity contribution in [2.24, 2.45) is 9.50 Å². The lowest BCUT2D eigenvalue weighted by atomic mass is 10.1. The summed E-state index contributed by atoms with van der Waals surface area (Å²) in [6.07, 6.45) is 1.56. The lowest BCUT2D eigenvalue weighted by Crippen LogP contribution is -2.31. The number of amidine groups is 1. The van der Waals surface area contributed by atoms with Crippen LogP contribution in [0.4, 0.5) is 5.69 Å². The number of nitrogens with one attached hydrogen (secondary N) is 1. The van der Waals surface area contributed by atoms with Crippen molar-refractivity contribution in [3.05, 3.63) is 99.8 Å². The number of aromatic nitrogens is 1. The SMILES string of the molecule is Cc1cccc(C=Nn2c(=O)c(C3=NS(O)(O)c4ccccc4N3)c(O)c3ccccc32)c1. The van der Waals surface area contributed by atoms with Crippen LogP contribution >= 0.6 is 10.8 Å². The molecule has 0 fully saturated rings. The predicted molar refractivity (Wildman–Crippen MR) is 132 cm³/mol. The van der Waals surface area contributed by atoms with Gasteiger partial charge < -0.3 is 10.4 Å². The lowest BCUT2D eigenvalue weighted by molar-refractivity contribution is 0.478. The highest BCUT2D eigenvalue weighted by Gasteiger charge is 2.30. The van der Waals surface area contributed by atoms with Gasteiger partial charge in [-0.1, -0.05) is 64.9 Å². The van der Waals surface area contributed by atoms with Crippen LogP contribution in [0.25, 0.3) is 10.9 Å². The number of pyridine rings is 1. The van der Waals surface area contributed by atoms with E-state index in [1.165, 1.54) is 4.68 Å². The second-order valence-electron chi connectivity index (χ2n) is 7.60. The summed E-state index contributed by atoms with van der Waals surface area (Å²) in [5.41, 5.74) is 1.78. The number of hydrogen-bond donors (Lipinski definition) is 4. The van der Waals surface area contributed by atoms with Gasteiger partial charge in [0, 0.05) is 5.39 Å². The van der Waals surface area contributed by atoms with E-state index in [1.54, 1.807) is 54.7 Å². The van der Waals surface area contributed by atoms with Crippen molar-refractivity contribution >= 4 is 39.4 Å². The van der Waals surface area contributed by atoms with Gasteiger partial charge in [0.05, 0.1) is 17.4 Å². The van der Waals surface area contributed by atoms with Gasteiger partial charge in [0.15, 0.2) is 5.84 Å². The van der Waals surface area contributed by atoms with E-state index in [9.17, 15) is 19.0 Å². The summed E-state index contributed by atoms with van der Waals surface area (Å²) in [4.78, 5) is 13.7. The zero-order chi connectivity index (χ0) is 23.2. The molecule has 5 rings (SSSR count). The second kappa shape index (κ2) is 7.89. The topological polar surface area (TPSA) is 119 Å². The number of benzene rings is 3. The van der Waals surface area contributed by atoms with Gasteiger partial charge in [-0.2, -0.15) is 9.78 Å². The summed E-state index contributed by atoms with van der Waals surface area (Å²) < 4.78 is 26.4. The molecule has 0 aliphatic carbocycles. The molecular formula is C24H20N4O4S. The van der Waals surface area contributed by atoms with Crippen molar-refractivity contribution in [3.63, 3.8) is 0 Å². The van der Waals surface area contributed by atoms with Gasteiger partial charge in [-0.25, -0.2) is 0 Å². The standard InChI is InChI=1S/C24H20N4O4S/c1-15-7-6-8-16(13-15)14-25-28-19-11-4-2-9-17(19)22(29)21(24(28)30)23-26-18-10-3-5-12-20(18)33(31,32)27-23/h2-14,29,31-32H,1H3,(H,26,27). The van der Waals surface area contributed by atoms with E-state index in [1.807, 2.05) is 31.2 Å². The smallest absolute Gasteiger partial charge is 0.286 e. The first-order valence-electron chi connectivity index (χ1n) is 10.1. The van der Waals surface area contributed by atoms with Crippen molar-refractivity contribution < 1.29 is 14.2 Å². The van der Waals surface area contributed by atoms with Gasteiger partial charge >= 0.3 is 0 Å². The summed E-state index contributed by atoms with van der Waals surface area (Å²) in [5, 5.41) is 18.7. The Morgan fingerprint density at radius 2 is 1.79 bits per heavy atom. The molecule has 9 heteroatoms. The maximum atomic E-state index is 13.5. The van der Waals surface area contributed by atoms with Crippen molar-refractivity contribution in [1.82, 2.24) is 4.68 Å². The molecule has 8 nitrogen and oxygen atoms in total. The molecule has 166 valence electrons. The fourth-order valence-corrected chi connectivity index (χ4v) is 4.92. The second-order valence-corrected chi connectivity index (χ2v) is 9.26. The maximum absolute atomic E-state index is 13.5. The van der Waals surface area contributed by atoms with Gasteiger partial charge in [0.1, 0.15) is 16.2 Å². The Kier molecular flexibility index (Phi) is 5.01. The number of aryl methyl sites for hydroxylation is 1. The minimum absolute atomic E-state index is 0.138. The molecular weight excluding hydrogens is 440 g/mol. The van der Waals surface area contributed by atoms with Crippen LogP contribution < -0.4 is 10.9 Å². The van der Waals surface area contributed by atoms with Crippen molar-refractivity contribution in [2.75, 3.05) is 5.32 Å². The highest BCUT2D eigenvalue weighted by molar-refractivity contribution is 8.23. The highest BCUT2D eigenvalue weighted by atomic mass is 32.3. The van der Waals surface area contributed by atoms with E-state index < -0.39 is 16.3 Å². The molecule has 0 atom stereocenters. The molecule has 0 saturated carbocycles. The van der Waals surface area contributed by atoms with Gasteiger partial charge in [0.25, 0.3) is 5.56 Å². The quantitative estimate of drug-likeness (QED) is 0.328. The molecule has 3 aromatic carbocycles. The fraction of sp³-hybridized carbons (Fsp3) is 0.0417. The van der Waals surface area contributed by atoms with E-state index in [0.29, 0.717) is 16.6 Å². The third-order valence-electron chi connectivity index (χ3n) is 5.29. The molecule has 4 N–H and O–H groups in total. The molecule has 1 aliphatic heterocycles. The molecule has 0 amide bonds. The fourth-order valence-electron chi connectivity index (χ4n) is 3.76. The molecule has 33 heavy (non-hydrogen) atoms. The molecule has 0 saturated heterocycles. The maximum Gasteiger partial charge on any atom is 0.286 e. The van der Waals surface area contributed by atoms with Crippen molar-refractivity contribution in [3.8, 4) is 5.75 Å². The predicted octanol–water partition coefficient (Wildman–Crippen LogP) is 4.79. The van der Waals surface area contributed by atoms with Crippen molar-refractivity contribution in [2.45, 2.75) is 11.8 Å². The molecule has 0 spiro atoms. The Hall–Kier alpha value is -3.92. The molecule has 0 unspecified atom stereocenters. The first-order chi connectivity index (χ1) is 15.8. The zero-order valence-electron chi connectivity index (χ0n) is 17.5. The summed E-state index contributed by atoms with van der Waals surface area (Å²) in [5.74, 6) is -0.458. The highest BCUT2D eigenvalue weighted by Crippen LogP contribution is 2.55. The number of para-hydroxylation sites is 2. The van der Waals surface area contributed by atoms with E-state index >= 15 is 0 Å². The van der Waals surface area contributed by atoms with Crippen LogP contribution in [0.2, 0.25) is 0 Å². The van der Waals surface area contributed by atoms with Gasteiger partial charge in [-0.15, -0.1) is 4.40 Å². The molecule has 0 bridgehead atoms. The number of fused-ring (bicyclic) bond motifs is 2. The Labute approximate surface area is 190 Å². The van der Waals surface area contributed by atoms with Gasteiger partial charge in [-0.3, -0.25) is 13.9 Å². The Morgan fingerprint density at radius 1 is 1.03 bits per heavy atom. The van der Waals surface area contributed by atoms with Gasteiger partial charge in [0.2, 0.25) is 0 Å². The van der Waals surface area contributed by atoms with Crippen LogP contribution in [-0.4, -0.2) is 30.9 Å². The minimum atomic E-state index is -3.57. The largest absolute Gasteiger partial charge is 0.506 e. The van der Waals surface area contributed by atoms with Crippen LogP contribution in [0.15, 0.2) is 92.0 Å². The normalized spacial score (nSPS) is 15.7.